The Kier molecular flexibility index (Phi) is 18.9. The molecule has 0 bridgehead atoms. The van der Waals surface area contributed by atoms with E-state index in [0.717, 1.165) is 60.3 Å². The molecule has 0 saturated carbocycles. The number of esters is 1. The van der Waals surface area contributed by atoms with Gasteiger partial charge in [0.1, 0.15) is 41.4 Å². The summed E-state index contributed by atoms with van der Waals surface area (Å²) in [5.74, 6) is -0.0647. The number of aryl methyl sites for hydroxylation is 3. The summed E-state index contributed by atoms with van der Waals surface area (Å²) in [5.41, 5.74) is 5.91. The number of amides is 3. The van der Waals surface area contributed by atoms with Gasteiger partial charge in [0.05, 0.1) is 53.3 Å². The normalized spacial score (nSPS) is 17.9. The maximum absolute atomic E-state index is 14.2. The van der Waals surface area contributed by atoms with Crippen LogP contribution in [0.5, 0.6) is 0 Å². The van der Waals surface area contributed by atoms with Crippen LogP contribution in [0.3, 0.4) is 0 Å². The molecule has 3 N–H and O–H groups in total. The van der Waals surface area contributed by atoms with Crippen LogP contribution in [-0.2, 0) is 38.2 Å². The minimum Gasteiger partial charge on any atom is -0.461 e. The molecule has 17 nitrogen and oxygen atoms in total. The largest absolute Gasteiger partial charge is 0.461 e. The van der Waals surface area contributed by atoms with Crippen LogP contribution in [0.15, 0.2) is 59.0 Å². The Morgan fingerprint density at radius 2 is 1.61 bits per heavy atom. The van der Waals surface area contributed by atoms with Crippen molar-refractivity contribution in [2.75, 3.05) is 46.1 Å². The maximum Gasteiger partial charge on any atom is 0.306 e. The Hall–Kier alpha value is -5.70. The van der Waals surface area contributed by atoms with Gasteiger partial charge >= 0.3 is 5.97 Å². The molecule has 0 radical (unpaired) electrons. The van der Waals surface area contributed by atoms with Crippen LogP contribution >= 0.6 is 34.3 Å². The zero-order chi connectivity index (χ0) is 55.1. The van der Waals surface area contributed by atoms with E-state index in [0.29, 0.717) is 29.7 Å². The summed E-state index contributed by atoms with van der Waals surface area (Å²) in [7, 11) is 0. The van der Waals surface area contributed by atoms with Crippen molar-refractivity contribution in [1.29, 1.82) is 0 Å². The quantitative estimate of drug-likeness (QED) is 0.0339. The summed E-state index contributed by atoms with van der Waals surface area (Å²) in [6.07, 6.45) is 1.05. The van der Waals surface area contributed by atoms with E-state index in [1.165, 1.54) is 0 Å². The number of thiophene rings is 1. The third-order valence-corrected chi connectivity index (χ3v) is 16.3. The Labute approximate surface area is 459 Å². The fourth-order valence-corrected chi connectivity index (χ4v) is 11.6. The van der Waals surface area contributed by atoms with Crippen LogP contribution in [0, 0.1) is 38.5 Å². The van der Waals surface area contributed by atoms with Crippen molar-refractivity contribution in [3.05, 3.63) is 104 Å². The van der Waals surface area contributed by atoms with Gasteiger partial charge in [0.15, 0.2) is 5.82 Å². The number of nitrogens with one attached hydrogen (secondary N) is 3. The number of aliphatic imine (C=N–C) groups is 1. The highest BCUT2D eigenvalue weighted by molar-refractivity contribution is 7.15. The molecule has 1 fully saturated rings. The van der Waals surface area contributed by atoms with Crippen molar-refractivity contribution < 1.29 is 38.2 Å². The van der Waals surface area contributed by atoms with Crippen molar-refractivity contribution >= 4 is 70.0 Å². The molecule has 0 unspecified atom stereocenters. The molecule has 7 rings (SSSR count). The number of nitrogens with zero attached hydrogens (tertiary/aromatic N) is 6. The van der Waals surface area contributed by atoms with E-state index in [9.17, 15) is 24.0 Å². The van der Waals surface area contributed by atoms with Crippen LogP contribution < -0.4 is 16.0 Å². The van der Waals surface area contributed by atoms with Gasteiger partial charge in [-0.15, -0.1) is 32.9 Å². The van der Waals surface area contributed by atoms with Crippen molar-refractivity contribution in [3.8, 4) is 15.4 Å². The van der Waals surface area contributed by atoms with Crippen molar-refractivity contribution in [3.63, 3.8) is 0 Å². The van der Waals surface area contributed by atoms with Gasteiger partial charge < -0.3 is 35.0 Å². The van der Waals surface area contributed by atoms with E-state index in [2.05, 4.69) is 45.0 Å². The minimum atomic E-state index is -1.45. The summed E-state index contributed by atoms with van der Waals surface area (Å²) in [6.45, 7) is 22.2. The average molecular weight is 1100 g/mol. The number of hydrogen-bond acceptors (Lipinski definition) is 15. The molecule has 408 valence electrons. The molecule has 20 heteroatoms. The molecule has 5 atom stereocenters. The molecule has 2 aromatic carbocycles. The Morgan fingerprint density at radius 1 is 0.908 bits per heavy atom. The molecule has 5 heterocycles. The third kappa shape index (κ3) is 14.1. The number of thiazole rings is 1. The lowest BCUT2D eigenvalue weighted by atomic mass is 9.73. The van der Waals surface area contributed by atoms with E-state index in [-0.39, 0.29) is 88.0 Å². The Morgan fingerprint density at radius 3 is 2.26 bits per heavy atom. The van der Waals surface area contributed by atoms with Gasteiger partial charge in [0.2, 0.25) is 17.7 Å². The number of aromatic nitrogens is 4. The van der Waals surface area contributed by atoms with E-state index >= 15 is 0 Å². The molecule has 2 aliphatic heterocycles. The van der Waals surface area contributed by atoms with Gasteiger partial charge in [0.25, 0.3) is 0 Å². The first-order valence-corrected chi connectivity index (χ1v) is 27.8. The standard InChI is InChI=1S/C56H72ClN9O8S2/c1-33-36(4)76-53-48(33)49(39-17-19-41(57)20-18-39)61-43(51-64-63-37(5)66(51)53)26-45(68)58-21-24-72-22-12-23-73-29-46(69)62-56(31-67,55(9,10)11)30-65-28-42(74-47(70)27-54(6,7)8)25-44(65)52(71)60-34(2)38-13-15-40(16-14-38)50-35(3)59-32-75-50/h13-20,31-32,34,42-44H,12,21-30H2,1-11H3,(H,58,68)(H,60,71)(H,62,69)/t34-,42+,43-,44-,56+/m0/s1. The Balaban J connectivity index is 0.897. The van der Waals surface area contributed by atoms with Crippen LogP contribution in [-0.4, -0.2) is 124 Å². The predicted molar refractivity (Wildman–Crippen MR) is 296 cm³/mol. The molecule has 0 aliphatic carbocycles. The van der Waals surface area contributed by atoms with Crippen molar-refractivity contribution in [1.82, 2.24) is 40.6 Å². The van der Waals surface area contributed by atoms with Gasteiger partial charge in [-0.2, -0.15) is 0 Å². The summed E-state index contributed by atoms with van der Waals surface area (Å²) in [6, 6.07) is 13.8. The topological polar surface area (TPSA) is 208 Å². The number of carbonyl (C=O) groups excluding carboxylic acids is 5. The molecular weight excluding hydrogens is 1030 g/mol. The van der Waals surface area contributed by atoms with Crippen LogP contribution in [0.4, 0.5) is 0 Å². The average Bonchev–Trinajstić information content (AvgIpc) is 4.12. The smallest absolute Gasteiger partial charge is 0.306 e. The van der Waals surface area contributed by atoms with Crippen LogP contribution in [0.25, 0.3) is 15.4 Å². The van der Waals surface area contributed by atoms with Crippen molar-refractivity contribution in [2.45, 2.75) is 132 Å². The number of fused-ring (bicyclic) bond motifs is 3. The van der Waals surface area contributed by atoms with Crippen LogP contribution in [0.1, 0.15) is 131 Å². The van der Waals surface area contributed by atoms with Gasteiger partial charge in [-0.3, -0.25) is 33.6 Å². The first-order chi connectivity index (χ1) is 36.0. The molecule has 5 aromatic rings. The van der Waals surface area contributed by atoms with Gasteiger partial charge in [0, 0.05) is 60.3 Å². The molecule has 76 heavy (non-hydrogen) atoms. The molecule has 2 aliphatic rings. The monoisotopic (exact) mass is 1100 g/mol. The predicted octanol–water partition coefficient (Wildman–Crippen LogP) is 8.56. The fourth-order valence-electron chi connectivity index (χ4n) is 9.44. The van der Waals surface area contributed by atoms with Gasteiger partial charge in [-0.25, -0.2) is 4.98 Å². The van der Waals surface area contributed by atoms with E-state index < -0.39 is 35.0 Å². The molecule has 3 aromatic heterocycles. The summed E-state index contributed by atoms with van der Waals surface area (Å²) >= 11 is 9.48. The zero-order valence-corrected chi connectivity index (χ0v) is 47.9. The number of benzene rings is 2. The summed E-state index contributed by atoms with van der Waals surface area (Å²) in [4.78, 5) is 81.2. The summed E-state index contributed by atoms with van der Waals surface area (Å²) in [5, 5.41) is 19.5. The Bertz CT molecular complexity index is 2900. The molecule has 1 saturated heterocycles. The van der Waals surface area contributed by atoms with E-state index in [4.69, 9.17) is 30.8 Å². The van der Waals surface area contributed by atoms with Crippen LogP contribution in [0.2, 0.25) is 5.02 Å². The molecule has 0 spiro atoms. The SMILES string of the molecule is Cc1ncsc1-c1ccc([C@H](C)NC(=O)[C@@H]2C[C@@H](OC(=O)CC(C)(C)C)CN2C[C@](C=O)(NC(=O)COCCCOCCNC(=O)C[C@@H]2N=C(c3ccc(Cl)cc3)c3c(sc(C)c3C)-n3c(C)nnc32)C(C)(C)C)cc1. The maximum atomic E-state index is 14.2. The highest BCUT2D eigenvalue weighted by atomic mass is 35.5. The van der Waals surface area contributed by atoms with Gasteiger partial charge in [-0.1, -0.05) is 89.5 Å². The lowest BCUT2D eigenvalue weighted by Crippen LogP contribution is -2.65. The number of ether oxygens (including phenoxy) is 3. The second-order valence-electron chi connectivity index (χ2n) is 22.0. The molecule has 3 amide bonds. The summed E-state index contributed by atoms with van der Waals surface area (Å²) < 4.78 is 19.5. The highest BCUT2D eigenvalue weighted by Gasteiger charge is 2.49. The van der Waals surface area contributed by atoms with E-state index in [1.54, 1.807) is 22.7 Å². The highest BCUT2D eigenvalue weighted by Crippen LogP contribution is 2.40. The second-order valence-corrected chi connectivity index (χ2v) is 24.5. The number of halogens is 1. The first kappa shape index (κ1) is 58.0. The number of carbonyl (C=O) groups is 5. The number of aldehydes is 1. The van der Waals surface area contributed by atoms with Gasteiger partial charge in [-0.05, 0) is 80.7 Å². The number of rotatable bonds is 22. The zero-order valence-electron chi connectivity index (χ0n) is 45.5. The van der Waals surface area contributed by atoms with E-state index in [1.807, 2.05) is 126 Å². The van der Waals surface area contributed by atoms with Crippen molar-refractivity contribution in [2.24, 2.45) is 15.8 Å². The molecular formula is C56H72ClN9O8S2. The lowest BCUT2D eigenvalue weighted by Gasteiger charge is -2.44. The number of likely N-dealkylation sites (tertiary alicyclic amines) is 1. The first-order valence-electron chi connectivity index (χ1n) is 25.8. The second kappa shape index (κ2) is 24.7. The number of hydrogen-bond donors (Lipinski definition) is 3. The fraction of sp³-hybridized carbons (Fsp3) is 0.518. The third-order valence-electron chi connectivity index (χ3n) is 13.9. The minimum absolute atomic E-state index is 0.0202. The lowest BCUT2D eigenvalue weighted by molar-refractivity contribution is -0.150.